The van der Waals surface area contributed by atoms with E-state index in [2.05, 4.69) is 12.2 Å². The van der Waals surface area contributed by atoms with Crippen molar-refractivity contribution in [1.29, 1.82) is 0 Å². The fraction of sp³-hybridized carbons (Fsp3) is 0.381. The van der Waals surface area contributed by atoms with E-state index in [4.69, 9.17) is 11.6 Å². The van der Waals surface area contributed by atoms with Gasteiger partial charge in [-0.1, -0.05) is 24.6 Å². The number of fused-ring (bicyclic) bond motifs is 2. The molecule has 2 amide bonds. The third-order valence-electron chi connectivity index (χ3n) is 5.92. The molecule has 9 heteroatoms. The van der Waals surface area contributed by atoms with Crippen LogP contribution in [0.5, 0.6) is 5.75 Å². The zero-order valence-electron chi connectivity index (χ0n) is 16.3. The molecule has 2 aliphatic heterocycles. The highest BCUT2D eigenvalue weighted by Gasteiger charge is 2.40. The molecular formula is C21H21ClFN3O4. The summed E-state index contributed by atoms with van der Waals surface area (Å²) in [6.07, 6.45) is 3.16. The molecule has 0 saturated carbocycles. The maximum absolute atomic E-state index is 13.9. The molecule has 7 nitrogen and oxygen atoms in total. The maximum atomic E-state index is 13.9. The number of hydrogen-bond donors (Lipinski definition) is 2. The molecule has 0 unspecified atom stereocenters. The van der Waals surface area contributed by atoms with Crippen molar-refractivity contribution in [3.05, 3.63) is 62.3 Å². The van der Waals surface area contributed by atoms with Crippen molar-refractivity contribution in [3.8, 4) is 5.75 Å². The molecular weight excluding hydrogens is 413 g/mol. The normalized spacial score (nSPS) is 20.5. The summed E-state index contributed by atoms with van der Waals surface area (Å²) in [7, 11) is 0. The van der Waals surface area contributed by atoms with Crippen LogP contribution >= 0.6 is 11.6 Å². The second-order valence-electron chi connectivity index (χ2n) is 7.83. The minimum absolute atomic E-state index is 0.0558. The molecule has 1 fully saturated rings. The maximum Gasteiger partial charge on any atom is 0.274 e. The molecule has 1 saturated heterocycles. The van der Waals surface area contributed by atoms with Gasteiger partial charge in [0.15, 0.2) is 11.4 Å². The Bertz CT molecular complexity index is 1100. The highest BCUT2D eigenvalue weighted by atomic mass is 35.5. The fourth-order valence-electron chi connectivity index (χ4n) is 4.23. The number of hydrogen-bond acceptors (Lipinski definition) is 4. The standard InChI is InChI=1S/C21H21ClFN3O4/c1-11-3-2-6-26-16(11)10-25-9-14(18(27)19(28)17(25)21(26)30)20(29)24-8-12-4-5-13(22)7-15(12)23/h4-5,7,9,11,16,28H,2-3,6,8,10H2,1H3,(H,24,29)/t11-,16-/m0/s1. The first kappa shape index (κ1) is 20.4. The van der Waals surface area contributed by atoms with Crippen molar-refractivity contribution in [1.82, 2.24) is 14.8 Å². The molecule has 1 aromatic carbocycles. The van der Waals surface area contributed by atoms with Crippen molar-refractivity contribution in [2.24, 2.45) is 5.92 Å². The molecule has 2 N–H and O–H groups in total. The van der Waals surface area contributed by atoms with Gasteiger partial charge in [0.1, 0.15) is 11.4 Å². The van der Waals surface area contributed by atoms with E-state index in [1.165, 1.54) is 22.9 Å². The van der Waals surface area contributed by atoms with Gasteiger partial charge in [-0.25, -0.2) is 4.39 Å². The number of rotatable bonds is 3. The largest absolute Gasteiger partial charge is 0.503 e. The number of nitrogens with zero attached hydrogens (tertiary/aromatic N) is 2. The van der Waals surface area contributed by atoms with Crippen LogP contribution in [0.15, 0.2) is 29.2 Å². The Labute approximate surface area is 177 Å². The van der Waals surface area contributed by atoms with Gasteiger partial charge in [0.05, 0.1) is 6.04 Å². The van der Waals surface area contributed by atoms with E-state index in [9.17, 15) is 23.9 Å². The molecule has 0 aliphatic carbocycles. The molecule has 0 radical (unpaired) electrons. The average molecular weight is 434 g/mol. The number of benzene rings is 1. The number of halogens is 2. The Kier molecular flexibility index (Phi) is 5.27. The van der Waals surface area contributed by atoms with Crippen LogP contribution in [0.3, 0.4) is 0 Å². The van der Waals surface area contributed by atoms with Crippen LogP contribution in [0, 0.1) is 11.7 Å². The molecule has 4 rings (SSSR count). The summed E-state index contributed by atoms with van der Waals surface area (Å²) in [6, 6.07) is 4.01. The SMILES string of the molecule is C[C@H]1CCCN2C(=O)c3c(O)c(=O)c(C(=O)NCc4ccc(Cl)cc4F)cn3C[C@@H]12. The Morgan fingerprint density at radius 3 is 2.87 bits per heavy atom. The van der Waals surface area contributed by atoms with E-state index in [-0.39, 0.29) is 40.3 Å². The fourth-order valence-corrected chi connectivity index (χ4v) is 4.39. The van der Waals surface area contributed by atoms with E-state index in [1.54, 1.807) is 4.90 Å². The van der Waals surface area contributed by atoms with E-state index < -0.39 is 28.8 Å². The van der Waals surface area contributed by atoms with Crippen LogP contribution in [0.25, 0.3) is 0 Å². The molecule has 158 valence electrons. The number of piperidine rings is 1. The first-order chi connectivity index (χ1) is 14.3. The molecule has 0 bridgehead atoms. The number of aromatic nitrogens is 1. The molecule has 2 atom stereocenters. The van der Waals surface area contributed by atoms with Gasteiger partial charge in [-0.05, 0) is 30.9 Å². The molecule has 0 spiro atoms. The van der Waals surface area contributed by atoms with Gasteiger partial charge in [0.2, 0.25) is 5.43 Å². The van der Waals surface area contributed by atoms with Crippen LogP contribution in [0.4, 0.5) is 4.39 Å². The Balaban J connectivity index is 1.63. The second-order valence-corrected chi connectivity index (χ2v) is 8.26. The van der Waals surface area contributed by atoms with Crippen LogP contribution in [-0.2, 0) is 13.1 Å². The lowest BCUT2D eigenvalue weighted by molar-refractivity contribution is 0.0383. The monoisotopic (exact) mass is 433 g/mol. The first-order valence-corrected chi connectivity index (χ1v) is 10.1. The van der Waals surface area contributed by atoms with Gasteiger partial charge in [-0.15, -0.1) is 0 Å². The summed E-state index contributed by atoms with van der Waals surface area (Å²) < 4.78 is 15.4. The lowest BCUT2D eigenvalue weighted by atomic mass is 9.88. The van der Waals surface area contributed by atoms with Crippen molar-refractivity contribution < 1.29 is 19.1 Å². The van der Waals surface area contributed by atoms with Gasteiger partial charge in [-0.2, -0.15) is 0 Å². The zero-order valence-corrected chi connectivity index (χ0v) is 17.1. The summed E-state index contributed by atoms with van der Waals surface area (Å²) in [4.78, 5) is 39.8. The van der Waals surface area contributed by atoms with E-state index in [0.717, 1.165) is 18.9 Å². The molecule has 1 aromatic heterocycles. The molecule has 30 heavy (non-hydrogen) atoms. The third kappa shape index (κ3) is 3.45. The topological polar surface area (TPSA) is 91.6 Å². The van der Waals surface area contributed by atoms with Gasteiger partial charge < -0.3 is 19.9 Å². The average Bonchev–Trinajstić information content (AvgIpc) is 2.70. The number of pyridine rings is 1. The minimum atomic E-state index is -0.924. The van der Waals surface area contributed by atoms with E-state index in [1.807, 2.05) is 0 Å². The summed E-state index contributed by atoms with van der Waals surface area (Å²) in [5, 5.41) is 13.1. The lowest BCUT2D eigenvalue weighted by Gasteiger charge is -2.44. The Morgan fingerprint density at radius 1 is 1.37 bits per heavy atom. The van der Waals surface area contributed by atoms with Crippen LogP contribution < -0.4 is 10.7 Å². The molecule has 2 aliphatic rings. The Morgan fingerprint density at radius 2 is 2.13 bits per heavy atom. The minimum Gasteiger partial charge on any atom is -0.503 e. The van der Waals surface area contributed by atoms with Crippen molar-refractivity contribution >= 4 is 23.4 Å². The number of carbonyl (C=O) groups is 2. The molecule has 2 aromatic rings. The number of amides is 2. The third-order valence-corrected chi connectivity index (χ3v) is 6.15. The highest BCUT2D eigenvalue weighted by Crippen LogP contribution is 2.32. The van der Waals surface area contributed by atoms with Crippen LogP contribution in [0.1, 0.15) is 46.2 Å². The summed E-state index contributed by atoms with van der Waals surface area (Å²) in [6.45, 7) is 2.88. The van der Waals surface area contributed by atoms with Crippen molar-refractivity contribution in [3.63, 3.8) is 0 Å². The van der Waals surface area contributed by atoms with Crippen molar-refractivity contribution in [2.75, 3.05) is 6.54 Å². The number of carbonyl (C=O) groups excluding carboxylic acids is 2. The Hall–Kier alpha value is -2.87. The summed E-state index contributed by atoms with van der Waals surface area (Å²) in [5.41, 5.74) is -1.11. The summed E-state index contributed by atoms with van der Waals surface area (Å²) >= 11 is 5.72. The van der Waals surface area contributed by atoms with Gasteiger partial charge in [0.25, 0.3) is 11.8 Å². The summed E-state index contributed by atoms with van der Waals surface area (Å²) in [5.74, 6) is -2.21. The van der Waals surface area contributed by atoms with Crippen LogP contribution in [0.2, 0.25) is 5.02 Å². The number of nitrogens with one attached hydrogen (secondary N) is 1. The van der Waals surface area contributed by atoms with E-state index in [0.29, 0.717) is 13.1 Å². The van der Waals surface area contributed by atoms with E-state index >= 15 is 0 Å². The van der Waals surface area contributed by atoms with Crippen molar-refractivity contribution in [2.45, 2.75) is 38.9 Å². The predicted molar refractivity (Wildman–Crippen MR) is 108 cm³/mol. The lowest BCUT2D eigenvalue weighted by Crippen LogP contribution is -2.54. The predicted octanol–water partition coefficient (Wildman–Crippen LogP) is 2.53. The van der Waals surface area contributed by atoms with Crippen LogP contribution in [-0.4, -0.2) is 39.0 Å². The zero-order chi connectivity index (χ0) is 21.6. The quantitative estimate of drug-likeness (QED) is 0.778. The van der Waals surface area contributed by atoms with Gasteiger partial charge >= 0.3 is 0 Å². The molecule has 3 heterocycles. The van der Waals surface area contributed by atoms with Gasteiger partial charge in [-0.3, -0.25) is 14.4 Å². The first-order valence-electron chi connectivity index (χ1n) is 9.77. The smallest absolute Gasteiger partial charge is 0.274 e. The highest BCUT2D eigenvalue weighted by molar-refractivity contribution is 6.30. The van der Waals surface area contributed by atoms with Gasteiger partial charge in [0, 0.05) is 36.4 Å². The number of aromatic hydroxyl groups is 1. The second kappa shape index (κ2) is 7.75.